The summed E-state index contributed by atoms with van der Waals surface area (Å²) in [7, 11) is 0. The van der Waals surface area contributed by atoms with Crippen LogP contribution in [-0.2, 0) is 0 Å². The summed E-state index contributed by atoms with van der Waals surface area (Å²) < 4.78 is 0. The van der Waals surface area contributed by atoms with Crippen molar-refractivity contribution in [1.29, 1.82) is 0 Å². The number of hydrogen-bond donors (Lipinski definition) is 2. The SMILES string of the molecule is Cc1cn[nH]c1C1CCCN(C(=O)c2cccc(=O)[nH]2)C1. The summed E-state index contributed by atoms with van der Waals surface area (Å²) in [6, 6.07) is 4.66. The van der Waals surface area contributed by atoms with E-state index in [2.05, 4.69) is 15.2 Å². The van der Waals surface area contributed by atoms with Crippen LogP contribution in [0.2, 0.25) is 0 Å². The van der Waals surface area contributed by atoms with Gasteiger partial charge < -0.3 is 9.88 Å². The molecule has 2 aromatic rings. The van der Waals surface area contributed by atoms with E-state index in [1.54, 1.807) is 17.0 Å². The van der Waals surface area contributed by atoms with Gasteiger partial charge in [0.15, 0.2) is 0 Å². The third-order valence-electron chi connectivity index (χ3n) is 3.98. The summed E-state index contributed by atoms with van der Waals surface area (Å²) in [5.41, 5.74) is 2.33. The van der Waals surface area contributed by atoms with Crippen LogP contribution >= 0.6 is 0 Å². The van der Waals surface area contributed by atoms with E-state index in [1.165, 1.54) is 6.07 Å². The molecule has 1 saturated heterocycles. The lowest BCUT2D eigenvalue weighted by Crippen LogP contribution is -2.40. The number of likely N-dealkylation sites (tertiary alicyclic amines) is 1. The Labute approximate surface area is 122 Å². The highest BCUT2D eigenvalue weighted by atomic mass is 16.2. The molecule has 6 nitrogen and oxygen atoms in total. The lowest BCUT2D eigenvalue weighted by Gasteiger charge is -2.32. The number of carbonyl (C=O) groups excluding carboxylic acids is 1. The van der Waals surface area contributed by atoms with Gasteiger partial charge in [-0.25, -0.2) is 0 Å². The summed E-state index contributed by atoms with van der Waals surface area (Å²) >= 11 is 0. The number of piperidine rings is 1. The zero-order valence-corrected chi connectivity index (χ0v) is 11.9. The first-order chi connectivity index (χ1) is 10.1. The first kappa shape index (κ1) is 13.6. The minimum atomic E-state index is -0.251. The highest BCUT2D eigenvalue weighted by molar-refractivity contribution is 5.92. The first-order valence-electron chi connectivity index (χ1n) is 7.13. The summed E-state index contributed by atoms with van der Waals surface area (Å²) in [5, 5.41) is 7.10. The second-order valence-electron chi connectivity index (χ2n) is 5.49. The quantitative estimate of drug-likeness (QED) is 0.876. The molecule has 0 radical (unpaired) electrons. The van der Waals surface area contributed by atoms with Crippen molar-refractivity contribution in [2.45, 2.75) is 25.7 Å². The summed E-state index contributed by atoms with van der Waals surface area (Å²) in [5.74, 6) is 0.162. The van der Waals surface area contributed by atoms with Crippen molar-refractivity contribution in [3.63, 3.8) is 0 Å². The average molecular weight is 286 g/mol. The van der Waals surface area contributed by atoms with Gasteiger partial charge in [0.2, 0.25) is 5.56 Å². The molecule has 2 aromatic heterocycles. The number of amides is 1. The van der Waals surface area contributed by atoms with Crippen molar-refractivity contribution in [2.75, 3.05) is 13.1 Å². The molecule has 1 fully saturated rings. The molecule has 0 bridgehead atoms. The molecule has 0 spiro atoms. The van der Waals surface area contributed by atoms with E-state index in [0.29, 0.717) is 12.2 Å². The third-order valence-corrected chi connectivity index (χ3v) is 3.98. The van der Waals surface area contributed by atoms with Crippen molar-refractivity contribution < 1.29 is 4.79 Å². The molecule has 1 unspecified atom stereocenters. The Bertz CT molecular complexity index is 703. The Balaban J connectivity index is 1.78. The second kappa shape index (κ2) is 5.55. The zero-order chi connectivity index (χ0) is 14.8. The monoisotopic (exact) mass is 286 g/mol. The maximum atomic E-state index is 12.5. The zero-order valence-electron chi connectivity index (χ0n) is 11.9. The fourth-order valence-electron chi connectivity index (χ4n) is 2.91. The van der Waals surface area contributed by atoms with E-state index in [-0.39, 0.29) is 17.4 Å². The average Bonchev–Trinajstić information content (AvgIpc) is 2.93. The Morgan fingerprint density at radius 3 is 3.00 bits per heavy atom. The number of hydrogen-bond acceptors (Lipinski definition) is 3. The largest absolute Gasteiger partial charge is 0.337 e. The van der Waals surface area contributed by atoms with Gasteiger partial charge in [0, 0.05) is 30.8 Å². The van der Waals surface area contributed by atoms with Gasteiger partial charge in [0.1, 0.15) is 5.69 Å². The molecule has 3 heterocycles. The molecule has 110 valence electrons. The number of nitrogens with one attached hydrogen (secondary N) is 2. The first-order valence-corrected chi connectivity index (χ1v) is 7.13. The highest BCUT2D eigenvalue weighted by Gasteiger charge is 2.27. The molecular formula is C15H18N4O2. The lowest BCUT2D eigenvalue weighted by atomic mass is 9.93. The standard InChI is InChI=1S/C15H18N4O2/c1-10-8-16-18-14(10)11-4-3-7-19(9-11)15(21)12-5-2-6-13(20)17-12/h2,5-6,8,11H,3-4,7,9H2,1H3,(H,16,18)(H,17,20). The number of aromatic amines is 2. The van der Waals surface area contributed by atoms with Gasteiger partial charge in [0.05, 0.1) is 6.20 Å². The minimum absolute atomic E-state index is 0.116. The molecule has 6 heteroatoms. The number of H-pyrrole nitrogens is 2. The number of carbonyl (C=O) groups is 1. The van der Waals surface area contributed by atoms with Crippen LogP contribution in [0.4, 0.5) is 0 Å². The molecule has 21 heavy (non-hydrogen) atoms. The number of aromatic nitrogens is 3. The van der Waals surface area contributed by atoms with Crippen LogP contribution in [0, 0.1) is 6.92 Å². The summed E-state index contributed by atoms with van der Waals surface area (Å²) in [4.78, 5) is 28.2. The maximum Gasteiger partial charge on any atom is 0.270 e. The van der Waals surface area contributed by atoms with Gasteiger partial charge in [-0.2, -0.15) is 5.10 Å². The number of pyridine rings is 1. The lowest BCUT2D eigenvalue weighted by molar-refractivity contribution is 0.0699. The van der Waals surface area contributed by atoms with E-state index >= 15 is 0 Å². The van der Waals surface area contributed by atoms with Crippen molar-refractivity contribution in [1.82, 2.24) is 20.1 Å². The van der Waals surface area contributed by atoms with Crippen LogP contribution < -0.4 is 5.56 Å². The minimum Gasteiger partial charge on any atom is -0.337 e. The van der Waals surface area contributed by atoms with E-state index < -0.39 is 0 Å². The Morgan fingerprint density at radius 2 is 2.29 bits per heavy atom. The smallest absolute Gasteiger partial charge is 0.270 e. The maximum absolute atomic E-state index is 12.5. The van der Waals surface area contributed by atoms with Crippen LogP contribution in [0.15, 0.2) is 29.2 Å². The van der Waals surface area contributed by atoms with Gasteiger partial charge in [-0.1, -0.05) is 6.07 Å². The molecule has 1 atom stereocenters. The van der Waals surface area contributed by atoms with Crippen LogP contribution in [0.25, 0.3) is 0 Å². The second-order valence-corrected chi connectivity index (χ2v) is 5.49. The summed E-state index contributed by atoms with van der Waals surface area (Å²) in [6.45, 7) is 3.40. The van der Waals surface area contributed by atoms with Crippen molar-refractivity contribution >= 4 is 5.91 Å². The van der Waals surface area contributed by atoms with Gasteiger partial charge >= 0.3 is 0 Å². The highest BCUT2D eigenvalue weighted by Crippen LogP contribution is 2.27. The molecule has 2 N–H and O–H groups in total. The number of nitrogens with zero attached hydrogens (tertiary/aromatic N) is 2. The third kappa shape index (κ3) is 2.74. The molecule has 1 amide bonds. The van der Waals surface area contributed by atoms with Gasteiger partial charge in [-0.15, -0.1) is 0 Å². The Hall–Kier alpha value is -2.37. The van der Waals surface area contributed by atoms with E-state index in [9.17, 15) is 9.59 Å². The number of rotatable bonds is 2. The molecule has 3 rings (SSSR count). The van der Waals surface area contributed by atoms with E-state index in [4.69, 9.17) is 0 Å². The van der Waals surface area contributed by atoms with Gasteiger partial charge in [-0.05, 0) is 31.4 Å². The van der Waals surface area contributed by atoms with E-state index in [1.807, 2.05) is 13.1 Å². The van der Waals surface area contributed by atoms with Crippen molar-refractivity contribution in [3.05, 3.63) is 51.7 Å². The van der Waals surface area contributed by atoms with Gasteiger partial charge in [0.25, 0.3) is 5.91 Å². The number of aryl methyl sites for hydroxylation is 1. The fourth-order valence-corrected chi connectivity index (χ4v) is 2.91. The van der Waals surface area contributed by atoms with Crippen molar-refractivity contribution in [2.24, 2.45) is 0 Å². The van der Waals surface area contributed by atoms with Crippen molar-refractivity contribution in [3.8, 4) is 0 Å². The predicted octanol–water partition coefficient (Wildman–Crippen LogP) is 1.43. The Morgan fingerprint density at radius 1 is 1.43 bits per heavy atom. The Kier molecular flexibility index (Phi) is 3.60. The van der Waals surface area contributed by atoms with Crippen LogP contribution in [-0.4, -0.2) is 39.1 Å². The van der Waals surface area contributed by atoms with Crippen LogP contribution in [0.1, 0.15) is 40.5 Å². The molecule has 0 aliphatic carbocycles. The molecule has 0 aromatic carbocycles. The topological polar surface area (TPSA) is 81.8 Å². The predicted molar refractivity (Wildman–Crippen MR) is 78.3 cm³/mol. The van der Waals surface area contributed by atoms with Crippen LogP contribution in [0.3, 0.4) is 0 Å². The fraction of sp³-hybridized carbons (Fsp3) is 0.400. The molecule has 1 aliphatic rings. The molecular weight excluding hydrogens is 268 g/mol. The normalized spacial score (nSPS) is 18.7. The molecule has 1 aliphatic heterocycles. The van der Waals surface area contributed by atoms with E-state index in [0.717, 1.165) is 30.6 Å². The molecule has 0 saturated carbocycles. The summed E-state index contributed by atoms with van der Waals surface area (Å²) in [6.07, 6.45) is 3.80. The van der Waals surface area contributed by atoms with Crippen LogP contribution in [0.5, 0.6) is 0 Å². The van der Waals surface area contributed by atoms with Gasteiger partial charge in [-0.3, -0.25) is 14.7 Å².